The van der Waals surface area contributed by atoms with Crippen LogP contribution in [0.2, 0.25) is 5.02 Å². The van der Waals surface area contributed by atoms with Crippen molar-refractivity contribution in [1.29, 1.82) is 0 Å². The van der Waals surface area contributed by atoms with Gasteiger partial charge in [0, 0.05) is 17.6 Å². The average Bonchev–Trinajstić information content (AvgIpc) is 2.42. The van der Waals surface area contributed by atoms with Crippen LogP contribution in [0.25, 0.3) is 0 Å². The number of nitrogens with one attached hydrogen (secondary N) is 1. The van der Waals surface area contributed by atoms with Crippen molar-refractivity contribution in [3.8, 4) is 0 Å². The molecule has 1 nitrogen and oxygen atoms in total. The molecule has 1 unspecified atom stereocenters. The monoisotopic (exact) mass is 287 g/mol. The Kier molecular flexibility index (Phi) is 5.22. The molecule has 0 saturated carbocycles. The van der Waals surface area contributed by atoms with Crippen molar-refractivity contribution in [2.24, 2.45) is 0 Å². The van der Waals surface area contributed by atoms with E-state index < -0.39 is 0 Å². The molecule has 0 aromatic heterocycles. The minimum absolute atomic E-state index is 0.340. The summed E-state index contributed by atoms with van der Waals surface area (Å²) in [6.45, 7) is 7.43. The SMILES string of the molecule is CCC(NCc1c(C)cccc1C)c1cccc(Cl)c1. The van der Waals surface area contributed by atoms with Crippen molar-refractivity contribution >= 4 is 11.6 Å². The van der Waals surface area contributed by atoms with Crippen LogP contribution in [0.5, 0.6) is 0 Å². The summed E-state index contributed by atoms with van der Waals surface area (Å²) in [5.74, 6) is 0. The number of aryl methyl sites for hydroxylation is 2. The molecule has 0 aliphatic heterocycles. The molecule has 1 atom stereocenters. The molecule has 0 fully saturated rings. The van der Waals surface area contributed by atoms with E-state index in [4.69, 9.17) is 11.6 Å². The predicted molar refractivity (Wildman–Crippen MR) is 87.2 cm³/mol. The van der Waals surface area contributed by atoms with Gasteiger partial charge >= 0.3 is 0 Å². The zero-order valence-electron chi connectivity index (χ0n) is 12.4. The molecule has 2 aromatic carbocycles. The van der Waals surface area contributed by atoms with Crippen LogP contribution in [0.3, 0.4) is 0 Å². The van der Waals surface area contributed by atoms with Gasteiger partial charge in [-0.1, -0.05) is 48.9 Å². The summed E-state index contributed by atoms with van der Waals surface area (Å²) in [6.07, 6.45) is 1.05. The highest BCUT2D eigenvalue weighted by molar-refractivity contribution is 6.30. The van der Waals surface area contributed by atoms with Crippen molar-refractivity contribution in [2.75, 3.05) is 0 Å². The van der Waals surface area contributed by atoms with Gasteiger partial charge in [0.25, 0.3) is 0 Å². The molecule has 0 radical (unpaired) electrons. The Balaban J connectivity index is 2.12. The number of rotatable bonds is 5. The van der Waals surface area contributed by atoms with Gasteiger partial charge in [0.05, 0.1) is 0 Å². The summed E-state index contributed by atoms with van der Waals surface area (Å²) in [7, 11) is 0. The molecule has 1 N–H and O–H groups in total. The number of hydrogen-bond acceptors (Lipinski definition) is 1. The first-order valence-corrected chi connectivity index (χ1v) is 7.53. The lowest BCUT2D eigenvalue weighted by Gasteiger charge is -2.19. The summed E-state index contributed by atoms with van der Waals surface area (Å²) < 4.78 is 0. The Hall–Kier alpha value is -1.31. The molecule has 0 bridgehead atoms. The van der Waals surface area contributed by atoms with Gasteiger partial charge in [-0.2, -0.15) is 0 Å². The first-order chi connectivity index (χ1) is 9.61. The van der Waals surface area contributed by atoms with Crippen LogP contribution in [0.1, 0.15) is 41.6 Å². The van der Waals surface area contributed by atoms with E-state index in [0.717, 1.165) is 18.0 Å². The largest absolute Gasteiger partial charge is 0.306 e. The molecular weight excluding hydrogens is 266 g/mol. The van der Waals surface area contributed by atoms with Crippen LogP contribution >= 0.6 is 11.6 Å². The number of halogens is 1. The maximum Gasteiger partial charge on any atom is 0.0409 e. The van der Waals surface area contributed by atoms with Crippen LogP contribution < -0.4 is 5.32 Å². The third-order valence-electron chi connectivity index (χ3n) is 3.83. The molecular formula is C18H22ClN. The lowest BCUT2D eigenvalue weighted by molar-refractivity contribution is 0.517. The van der Waals surface area contributed by atoms with E-state index in [0.29, 0.717) is 6.04 Å². The molecule has 0 amide bonds. The van der Waals surface area contributed by atoms with Gasteiger partial charge in [-0.3, -0.25) is 0 Å². The second-order valence-corrected chi connectivity index (χ2v) is 5.70. The van der Waals surface area contributed by atoms with Crippen molar-refractivity contribution in [3.63, 3.8) is 0 Å². The van der Waals surface area contributed by atoms with Crippen molar-refractivity contribution in [1.82, 2.24) is 5.32 Å². The fraction of sp³-hybridized carbons (Fsp3) is 0.333. The Labute approximate surface area is 127 Å². The molecule has 0 spiro atoms. The van der Waals surface area contributed by atoms with E-state index in [1.54, 1.807) is 0 Å². The van der Waals surface area contributed by atoms with Gasteiger partial charge in [-0.25, -0.2) is 0 Å². The Bertz CT molecular complexity index is 557. The van der Waals surface area contributed by atoms with E-state index in [1.165, 1.54) is 22.3 Å². The second kappa shape index (κ2) is 6.92. The predicted octanol–water partition coefficient (Wildman–Crippen LogP) is 5.20. The molecule has 0 saturated heterocycles. The summed E-state index contributed by atoms with van der Waals surface area (Å²) in [5.41, 5.74) is 5.34. The topological polar surface area (TPSA) is 12.0 Å². The molecule has 2 rings (SSSR count). The van der Waals surface area contributed by atoms with Gasteiger partial charge in [0.1, 0.15) is 0 Å². The highest BCUT2D eigenvalue weighted by Crippen LogP contribution is 2.22. The van der Waals surface area contributed by atoms with Gasteiger partial charge in [0.2, 0.25) is 0 Å². The fourth-order valence-corrected chi connectivity index (χ4v) is 2.77. The molecule has 2 heteroatoms. The smallest absolute Gasteiger partial charge is 0.0409 e. The highest BCUT2D eigenvalue weighted by Gasteiger charge is 2.10. The standard InChI is InChI=1S/C18H22ClN/c1-4-18(15-9-6-10-16(19)11-15)20-12-17-13(2)7-5-8-14(17)3/h5-11,18,20H,4,12H2,1-3H3. The first kappa shape index (κ1) is 15.1. The third-order valence-corrected chi connectivity index (χ3v) is 4.06. The number of benzene rings is 2. The quantitative estimate of drug-likeness (QED) is 0.797. The fourth-order valence-electron chi connectivity index (χ4n) is 2.57. The van der Waals surface area contributed by atoms with Crippen LogP contribution in [0, 0.1) is 13.8 Å². The zero-order chi connectivity index (χ0) is 14.5. The Morgan fingerprint density at radius 3 is 2.30 bits per heavy atom. The van der Waals surface area contributed by atoms with Crippen LogP contribution in [-0.4, -0.2) is 0 Å². The first-order valence-electron chi connectivity index (χ1n) is 7.15. The highest BCUT2D eigenvalue weighted by atomic mass is 35.5. The maximum absolute atomic E-state index is 6.09. The minimum atomic E-state index is 0.340. The van der Waals surface area contributed by atoms with Crippen LogP contribution in [0.4, 0.5) is 0 Å². The summed E-state index contributed by atoms with van der Waals surface area (Å²) >= 11 is 6.09. The lowest BCUT2D eigenvalue weighted by atomic mass is 10.0. The van der Waals surface area contributed by atoms with E-state index in [-0.39, 0.29) is 0 Å². The molecule has 2 aromatic rings. The van der Waals surface area contributed by atoms with Crippen LogP contribution in [0.15, 0.2) is 42.5 Å². The van der Waals surface area contributed by atoms with E-state index >= 15 is 0 Å². The van der Waals surface area contributed by atoms with Gasteiger partial charge in [-0.05, 0) is 54.7 Å². The molecule has 0 aliphatic rings. The molecule has 0 heterocycles. The van der Waals surface area contributed by atoms with Crippen LogP contribution in [-0.2, 0) is 6.54 Å². The minimum Gasteiger partial charge on any atom is -0.306 e. The van der Waals surface area contributed by atoms with Crippen molar-refractivity contribution in [2.45, 2.75) is 39.8 Å². The van der Waals surface area contributed by atoms with E-state index in [9.17, 15) is 0 Å². The summed E-state index contributed by atoms with van der Waals surface area (Å²) in [5, 5.41) is 4.45. The normalized spacial score (nSPS) is 12.4. The molecule has 106 valence electrons. The number of hydrogen-bond donors (Lipinski definition) is 1. The van der Waals surface area contributed by atoms with Gasteiger partial charge in [-0.15, -0.1) is 0 Å². The van der Waals surface area contributed by atoms with E-state index in [1.807, 2.05) is 18.2 Å². The van der Waals surface area contributed by atoms with E-state index in [2.05, 4.69) is 50.4 Å². The van der Waals surface area contributed by atoms with Crippen molar-refractivity contribution in [3.05, 3.63) is 69.7 Å². The summed E-state index contributed by atoms with van der Waals surface area (Å²) in [4.78, 5) is 0. The van der Waals surface area contributed by atoms with Gasteiger partial charge in [0.15, 0.2) is 0 Å². The van der Waals surface area contributed by atoms with Gasteiger partial charge < -0.3 is 5.32 Å². The molecule has 0 aliphatic carbocycles. The second-order valence-electron chi connectivity index (χ2n) is 5.27. The lowest BCUT2D eigenvalue weighted by Crippen LogP contribution is -2.21. The average molecular weight is 288 g/mol. The Morgan fingerprint density at radius 1 is 1.05 bits per heavy atom. The molecule has 20 heavy (non-hydrogen) atoms. The van der Waals surface area contributed by atoms with Crippen molar-refractivity contribution < 1.29 is 0 Å². The third kappa shape index (κ3) is 3.62. The summed E-state index contributed by atoms with van der Waals surface area (Å²) in [6, 6.07) is 14.9. The Morgan fingerprint density at radius 2 is 1.70 bits per heavy atom. The maximum atomic E-state index is 6.09. The zero-order valence-corrected chi connectivity index (χ0v) is 13.2.